The molecule has 4 atom stereocenters. The van der Waals surface area contributed by atoms with Crippen LogP contribution in [0.1, 0.15) is 77.6 Å². The second kappa shape index (κ2) is 11.9. The predicted octanol–water partition coefficient (Wildman–Crippen LogP) is 3.11. The highest BCUT2D eigenvalue weighted by Crippen LogP contribution is 2.36. The lowest BCUT2D eigenvalue weighted by Crippen LogP contribution is -2.31. The lowest BCUT2D eigenvalue weighted by molar-refractivity contribution is -0.121. The fourth-order valence-electron chi connectivity index (χ4n) is 3.81. The summed E-state index contributed by atoms with van der Waals surface area (Å²) in [6.07, 6.45) is 4.08. The Morgan fingerprint density at radius 1 is 1.20 bits per heavy atom. The zero-order valence-electron chi connectivity index (χ0n) is 18.2. The molecule has 1 N–H and O–H groups in total. The number of ketones is 1. The van der Waals surface area contributed by atoms with E-state index in [1.807, 2.05) is 13.8 Å². The van der Waals surface area contributed by atoms with E-state index in [1.165, 1.54) is 10.8 Å². The third kappa shape index (κ3) is 6.72. The van der Waals surface area contributed by atoms with E-state index in [1.54, 1.807) is 13.0 Å². The van der Waals surface area contributed by atoms with Crippen LogP contribution in [0.4, 0.5) is 4.39 Å². The van der Waals surface area contributed by atoms with Gasteiger partial charge in [-0.2, -0.15) is 4.98 Å². The highest BCUT2D eigenvalue weighted by molar-refractivity contribution is 5.80. The van der Waals surface area contributed by atoms with Gasteiger partial charge in [0.25, 0.3) is 0 Å². The first-order chi connectivity index (χ1) is 14.4. The Balaban J connectivity index is 1.77. The van der Waals surface area contributed by atoms with Crippen molar-refractivity contribution in [2.24, 2.45) is 5.92 Å². The third-order valence-electron chi connectivity index (χ3n) is 5.60. The maximum atomic E-state index is 14.5. The minimum absolute atomic E-state index is 0.0172. The fraction of sp³-hybridized carbons (Fsp3) is 0.727. The van der Waals surface area contributed by atoms with Gasteiger partial charge in [0.05, 0.1) is 11.8 Å². The molecule has 1 saturated heterocycles. The van der Waals surface area contributed by atoms with Crippen LogP contribution in [-0.4, -0.2) is 40.1 Å². The van der Waals surface area contributed by atoms with Gasteiger partial charge in [0.2, 0.25) is 5.91 Å². The summed E-state index contributed by atoms with van der Waals surface area (Å²) in [6, 6.07) is 1.59. The molecular weight excluding hydrogens is 389 g/mol. The molecule has 1 aliphatic heterocycles. The van der Waals surface area contributed by atoms with Crippen LogP contribution in [0.15, 0.2) is 17.1 Å². The van der Waals surface area contributed by atoms with Gasteiger partial charge in [-0.25, -0.2) is 9.18 Å². The number of hydrogen-bond donors (Lipinski definition) is 1. The van der Waals surface area contributed by atoms with Crippen molar-refractivity contribution in [2.45, 2.75) is 90.6 Å². The second-order valence-corrected chi connectivity index (χ2v) is 7.97. The predicted molar refractivity (Wildman–Crippen MR) is 112 cm³/mol. The summed E-state index contributed by atoms with van der Waals surface area (Å²) in [5, 5.41) is 2.76. The second-order valence-electron chi connectivity index (χ2n) is 7.97. The molecule has 1 aromatic heterocycles. The topological polar surface area (TPSA) is 90.3 Å². The summed E-state index contributed by atoms with van der Waals surface area (Å²) >= 11 is 0. The Morgan fingerprint density at radius 3 is 2.50 bits per heavy atom. The molecule has 1 aliphatic rings. The Labute approximate surface area is 177 Å². The number of amides is 1. The lowest BCUT2D eigenvalue weighted by Gasteiger charge is -2.16. The number of halogens is 1. The number of rotatable bonds is 12. The number of unbranched alkanes of at least 4 members (excludes halogenated alkanes) is 3. The van der Waals surface area contributed by atoms with Crippen LogP contribution in [0.3, 0.4) is 0 Å². The van der Waals surface area contributed by atoms with Crippen LogP contribution in [0.5, 0.6) is 0 Å². The van der Waals surface area contributed by atoms with Crippen molar-refractivity contribution in [3.8, 4) is 0 Å². The summed E-state index contributed by atoms with van der Waals surface area (Å²) < 4.78 is 21.4. The maximum Gasteiger partial charge on any atom is 0.350 e. The van der Waals surface area contributed by atoms with E-state index in [0.717, 1.165) is 25.7 Å². The highest BCUT2D eigenvalue weighted by atomic mass is 19.1. The van der Waals surface area contributed by atoms with Gasteiger partial charge >= 0.3 is 5.69 Å². The van der Waals surface area contributed by atoms with Crippen molar-refractivity contribution in [3.05, 3.63) is 28.4 Å². The first-order valence-electron chi connectivity index (χ1n) is 11.0. The van der Waals surface area contributed by atoms with Gasteiger partial charge in [-0.15, -0.1) is 0 Å². The van der Waals surface area contributed by atoms with Gasteiger partial charge in [0, 0.05) is 37.9 Å². The van der Waals surface area contributed by atoms with Crippen LogP contribution < -0.4 is 11.0 Å². The normalized spacial score (nSPS) is 23.5. The fourth-order valence-corrected chi connectivity index (χ4v) is 3.81. The van der Waals surface area contributed by atoms with Crippen molar-refractivity contribution in [1.82, 2.24) is 14.9 Å². The summed E-state index contributed by atoms with van der Waals surface area (Å²) in [5.74, 6) is -0.200. The van der Waals surface area contributed by atoms with Crippen LogP contribution in [0.2, 0.25) is 0 Å². The van der Waals surface area contributed by atoms with Crippen LogP contribution >= 0.6 is 0 Å². The third-order valence-corrected chi connectivity index (χ3v) is 5.60. The summed E-state index contributed by atoms with van der Waals surface area (Å²) in [5.41, 5.74) is -0.201. The molecule has 0 aliphatic carbocycles. The number of carbonyl (C=O) groups excluding carboxylic acids is 2. The molecule has 0 bridgehead atoms. The van der Waals surface area contributed by atoms with Crippen molar-refractivity contribution in [2.75, 3.05) is 6.54 Å². The van der Waals surface area contributed by atoms with E-state index in [0.29, 0.717) is 31.5 Å². The Kier molecular flexibility index (Phi) is 9.62. The average molecular weight is 424 g/mol. The number of aromatic nitrogens is 2. The van der Waals surface area contributed by atoms with Gasteiger partial charge in [-0.1, -0.05) is 26.7 Å². The smallest absolute Gasteiger partial charge is 0.350 e. The summed E-state index contributed by atoms with van der Waals surface area (Å²) in [7, 11) is 0. The Bertz CT molecular complexity index is 767. The zero-order chi connectivity index (χ0) is 22.1. The SMILES string of the molecule is CCNC(=O)CCCCCCC(=O)Cc1ccn(C2OC(CC)C(C)C2F)c(=O)n1. The van der Waals surface area contributed by atoms with Crippen molar-refractivity contribution in [3.63, 3.8) is 0 Å². The average Bonchev–Trinajstić information content (AvgIpc) is 2.99. The highest BCUT2D eigenvalue weighted by Gasteiger charge is 2.42. The molecule has 0 radical (unpaired) electrons. The minimum Gasteiger partial charge on any atom is -0.356 e. The lowest BCUT2D eigenvalue weighted by atomic mass is 10.00. The molecule has 1 fully saturated rings. The Hall–Kier alpha value is -2.09. The van der Waals surface area contributed by atoms with E-state index < -0.39 is 18.1 Å². The molecule has 0 aromatic carbocycles. The molecule has 1 amide bonds. The number of nitrogens with one attached hydrogen (secondary N) is 1. The van der Waals surface area contributed by atoms with Gasteiger partial charge in [0.1, 0.15) is 5.78 Å². The van der Waals surface area contributed by atoms with Gasteiger partial charge in [-0.05, 0) is 32.3 Å². The van der Waals surface area contributed by atoms with Crippen molar-refractivity contribution >= 4 is 11.7 Å². The molecule has 8 heteroatoms. The molecule has 0 spiro atoms. The quantitative estimate of drug-likeness (QED) is 0.522. The van der Waals surface area contributed by atoms with Gasteiger partial charge < -0.3 is 10.1 Å². The number of Topliss-reactive ketones (excluding diaryl/α,β-unsaturated/α-hetero) is 1. The van der Waals surface area contributed by atoms with Crippen molar-refractivity contribution in [1.29, 1.82) is 0 Å². The van der Waals surface area contributed by atoms with E-state index in [9.17, 15) is 18.8 Å². The number of carbonyl (C=O) groups is 2. The number of hydrogen-bond acceptors (Lipinski definition) is 5. The molecule has 30 heavy (non-hydrogen) atoms. The monoisotopic (exact) mass is 423 g/mol. The summed E-state index contributed by atoms with van der Waals surface area (Å²) in [4.78, 5) is 39.8. The summed E-state index contributed by atoms with van der Waals surface area (Å²) in [6.45, 7) is 6.24. The van der Waals surface area contributed by atoms with E-state index in [4.69, 9.17) is 4.74 Å². The van der Waals surface area contributed by atoms with Gasteiger partial charge in [0.15, 0.2) is 12.4 Å². The minimum atomic E-state index is -1.27. The van der Waals surface area contributed by atoms with Crippen LogP contribution in [0.25, 0.3) is 0 Å². The molecule has 2 rings (SSSR count). The number of nitrogens with zero attached hydrogens (tertiary/aromatic N) is 2. The first-order valence-corrected chi connectivity index (χ1v) is 11.0. The molecule has 168 valence electrons. The molecule has 4 unspecified atom stereocenters. The molecular formula is C22H34FN3O4. The Morgan fingerprint density at radius 2 is 1.90 bits per heavy atom. The number of ether oxygens (including phenoxy) is 1. The molecule has 0 saturated carbocycles. The molecule has 2 heterocycles. The van der Waals surface area contributed by atoms with Crippen molar-refractivity contribution < 1.29 is 18.7 Å². The first kappa shape index (κ1) is 24.2. The van der Waals surface area contributed by atoms with E-state index in [-0.39, 0.29) is 30.1 Å². The largest absolute Gasteiger partial charge is 0.356 e. The van der Waals surface area contributed by atoms with Crippen LogP contribution in [0, 0.1) is 5.92 Å². The van der Waals surface area contributed by atoms with E-state index in [2.05, 4.69) is 10.3 Å². The van der Waals surface area contributed by atoms with E-state index >= 15 is 0 Å². The maximum absolute atomic E-state index is 14.5. The molecule has 1 aromatic rings. The molecule has 7 nitrogen and oxygen atoms in total. The number of alkyl halides is 1. The van der Waals surface area contributed by atoms with Crippen LogP contribution in [-0.2, 0) is 20.7 Å². The standard InChI is InChI=1S/C22H34FN3O4/c1-4-18-15(3)20(23)21(30-18)26-13-12-16(25-22(26)29)14-17(27)10-8-6-7-9-11-19(28)24-5-2/h12-13,15,18,20-21H,4-11,14H2,1-3H3,(H,24,28). The van der Waals surface area contributed by atoms with Gasteiger partial charge in [-0.3, -0.25) is 14.2 Å². The zero-order valence-corrected chi connectivity index (χ0v) is 18.2.